The third-order valence-corrected chi connectivity index (χ3v) is 1.12. The first-order valence-corrected chi connectivity index (χ1v) is 3.28. The molecule has 0 fully saturated rings. The van der Waals surface area contributed by atoms with Crippen LogP contribution in [-0.4, -0.2) is 11.1 Å². The van der Waals surface area contributed by atoms with Crippen molar-refractivity contribution in [1.29, 1.82) is 0 Å². The molecule has 0 aromatic carbocycles. The van der Waals surface area contributed by atoms with E-state index in [1.807, 2.05) is 6.92 Å². The monoisotopic (exact) mass is 140 g/mol. The number of carboxylic acids is 1. The molecule has 0 aromatic heterocycles. The third kappa shape index (κ3) is 3.07. The van der Waals surface area contributed by atoms with Crippen molar-refractivity contribution in [1.82, 2.24) is 0 Å². The van der Waals surface area contributed by atoms with E-state index in [0.717, 1.165) is 12.8 Å². The molecular formula is C8H12O2. The Morgan fingerprint density at radius 2 is 2.30 bits per heavy atom. The van der Waals surface area contributed by atoms with Crippen molar-refractivity contribution in [2.75, 3.05) is 0 Å². The maximum absolute atomic E-state index is 10.3. The topological polar surface area (TPSA) is 37.3 Å². The highest BCUT2D eigenvalue weighted by Gasteiger charge is 1.98. The van der Waals surface area contributed by atoms with Gasteiger partial charge in [-0.3, -0.25) is 0 Å². The van der Waals surface area contributed by atoms with Gasteiger partial charge in [0.15, 0.2) is 0 Å². The fraction of sp³-hybridized carbons (Fsp3) is 0.375. The maximum atomic E-state index is 10.3. The second-order valence-corrected chi connectivity index (χ2v) is 1.96. The van der Waals surface area contributed by atoms with Gasteiger partial charge in [-0.05, 0) is 6.42 Å². The van der Waals surface area contributed by atoms with Crippen molar-refractivity contribution in [3.8, 4) is 0 Å². The molecule has 56 valence electrons. The molecule has 0 aliphatic carbocycles. The van der Waals surface area contributed by atoms with Crippen LogP contribution in [0.25, 0.3) is 0 Å². The quantitative estimate of drug-likeness (QED) is 0.479. The minimum atomic E-state index is -0.900. The Balaban J connectivity index is 4.04. The van der Waals surface area contributed by atoms with Gasteiger partial charge < -0.3 is 5.11 Å². The van der Waals surface area contributed by atoms with E-state index in [4.69, 9.17) is 5.11 Å². The van der Waals surface area contributed by atoms with E-state index in [-0.39, 0.29) is 0 Å². The molecular weight excluding hydrogens is 128 g/mol. The van der Waals surface area contributed by atoms with E-state index in [0.29, 0.717) is 5.57 Å². The molecule has 10 heavy (non-hydrogen) atoms. The average molecular weight is 140 g/mol. The molecule has 0 bridgehead atoms. The van der Waals surface area contributed by atoms with Crippen LogP contribution in [0.5, 0.6) is 0 Å². The van der Waals surface area contributed by atoms with Gasteiger partial charge in [-0.1, -0.05) is 32.1 Å². The summed E-state index contributed by atoms with van der Waals surface area (Å²) in [7, 11) is 0. The molecule has 0 saturated carbocycles. The van der Waals surface area contributed by atoms with Crippen molar-refractivity contribution in [3.63, 3.8) is 0 Å². The summed E-state index contributed by atoms with van der Waals surface area (Å²) in [5.41, 5.74) is 0.293. The van der Waals surface area contributed by atoms with Crippen molar-refractivity contribution in [2.45, 2.75) is 19.8 Å². The van der Waals surface area contributed by atoms with Gasteiger partial charge in [0.1, 0.15) is 0 Å². The highest BCUT2D eigenvalue weighted by atomic mass is 16.4. The number of hydrogen-bond acceptors (Lipinski definition) is 1. The Labute approximate surface area is 60.9 Å². The lowest BCUT2D eigenvalue weighted by Crippen LogP contribution is -1.96. The van der Waals surface area contributed by atoms with E-state index in [2.05, 4.69) is 6.58 Å². The first-order valence-electron chi connectivity index (χ1n) is 3.28. The molecule has 0 rings (SSSR count). The van der Waals surface area contributed by atoms with Gasteiger partial charge in [-0.2, -0.15) is 0 Å². The van der Waals surface area contributed by atoms with Gasteiger partial charge in [-0.15, -0.1) is 0 Å². The predicted octanol–water partition coefficient (Wildman–Crippen LogP) is 1.98. The van der Waals surface area contributed by atoms with E-state index < -0.39 is 5.97 Å². The SMILES string of the molecule is C=C/C(=C\CCC)C(=O)O. The highest BCUT2D eigenvalue weighted by Crippen LogP contribution is 1.99. The molecule has 2 heteroatoms. The molecule has 2 nitrogen and oxygen atoms in total. The van der Waals surface area contributed by atoms with Gasteiger partial charge >= 0.3 is 5.97 Å². The Morgan fingerprint density at radius 3 is 2.60 bits per heavy atom. The summed E-state index contributed by atoms with van der Waals surface area (Å²) in [5, 5.41) is 8.46. The highest BCUT2D eigenvalue weighted by molar-refractivity contribution is 5.89. The van der Waals surface area contributed by atoms with Crippen molar-refractivity contribution >= 4 is 5.97 Å². The van der Waals surface area contributed by atoms with Crippen LogP contribution in [-0.2, 0) is 4.79 Å². The van der Waals surface area contributed by atoms with Crippen LogP contribution in [0.4, 0.5) is 0 Å². The van der Waals surface area contributed by atoms with Crippen LogP contribution >= 0.6 is 0 Å². The molecule has 1 N–H and O–H groups in total. The molecule has 0 aliphatic heterocycles. The van der Waals surface area contributed by atoms with Crippen LogP contribution in [0.3, 0.4) is 0 Å². The van der Waals surface area contributed by atoms with Crippen molar-refractivity contribution in [3.05, 3.63) is 24.3 Å². The van der Waals surface area contributed by atoms with Crippen molar-refractivity contribution < 1.29 is 9.90 Å². The largest absolute Gasteiger partial charge is 0.478 e. The Kier molecular flexibility index (Phi) is 4.29. The molecule has 0 radical (unpaired) electrons. The van der Waals surface area contributed by atoms with Crippen LogP contribution < -0.4 is 0 Å². The zero-order chi connectivity index (χ0) is 7.98. The second-order valence-electron chi connectivity index (χ2n) is 1.96. The molecule has 0 amide bonds. The Bertz CT molecular complexity index is 157. The predicted molar refractivity (Wildman–Crippen MR) is 40.8 cm³/mol. The Hall–Kier alpha value is -1.05. The molecule has 0 unspecified atom stereocenters. The number of unbranched alkanes of at least 4 members (excludes halogenated alkanes) is 1. The van der Waals surface area contributed by atoms with Crippen LogP contribution in [0, 0.1) is 0 Å². The molecule has 0 aliphatic rings. The number of carbonyl (C=O) groups is 1. The summed E-state index contributed by atoms with van der Waals surface area (Å²) in [6.07, 6.45) is 4.80. The van der Waals surface area contributed by atoms with E-state index in [1.165, 1.54) is 6.08 Å². The van der Waals surface area contributed by atoms with Gasteiger partial charge in [0, 0.05) is 0 Å². The standard InChI is InChI=1S/C8H12O2/c1-3-5-6-7(4-2)8(9)10/h4,6H,2-3,5H2,1H3,(H,9,10)/b7-6+. The molecule has 0 aromatic rings. The average Bonchev–Trinajstić information content (AvgIpc) is 1.89. The van der Waals surface area contributed by atoms with Crippen LogP contribution in [0.1, 0.15) is 19.8 Å². The summed E-state index contributed by atoms with van der Waals surface area (Å²) >= 11 is 0. The first kappa shape index (κ1) is 8.95. The zero-order valence-electron chi connectivity index (χ0n) is 6.13. The summed E-state index contributed by atoms with van der Waals surface area (Å²) in [5.74, 6) is -0.900. The fourth-order valence-electron chi connectivity index (χ4n) is 0.558. The number of allylic oxidation sites excluding steroid dienone is 1. The number of rotatable bonds is 4. The lowest BCUT2D eigenvalue weighted by molar-refractivity contribution is -0.132. The molecule has 0 atom stereocenters. The lowest BCUT2D eigenvalue weighted by Gasteiger charge is -1.91. The molecule has 0 spiro atoms. The zero-order valence-corrected chi connectivity index (χ0v) is 6.13. The lowest BCUT2D eigenvalue weighted by atomic mass is 10.2. The minimum Gasteiger partial charge on any atom is -0.478 e. The van der Waals surface area contributed by atoms with Crippen LogP contribution in [0.2, 0.25) is 0 Å². The second kappa shape index (κ2) is 4.79. The van der Waals surface area contributed by atoms with Gasteiger partial charge in [0.05, 0.1) is 5.57 Å². The summed E-state index contributed by atoms with van der Waals surface area (Å²) in [6.45, 7) is 5.39. The molecule has 0 saturated heterocycles. The Morgan fingerprint density at radius 1 is 1.70 bits per heavy atom. The van der Waals surface area contributed by atoms with Crippen molar-refractivity contribution in [2.24, 2.45) is 0 Å². The maximum Gasteiger partial charge on any atom is 0.335 e. The van der Waals surface area contributed by atoms with Gasteiger partial charge in [0.25, 0.3) is 0 Å². The summed E-state index contributed by atoms with van der Waals surface area (Å²) in [6, 6.07) is 0. The third-order valence-electron chi connectivity index (χ3n) is 1.12. The van der Waals surface area contributed by atoms with E-state index in [9.17, 15) is 4.79 Å². The number of carboxylic acid groups (broad SMARTS) is 1. The normalized spacial score (nSPS) is 11.1. The fourth-order valence-corrected chi connectivity index (χ4v) is 0.558. The van der Waals surface area contributed by atoms with Crippen LogP contribution in [0.15, 0.2) is 24.3 Å². The van der Waals surface area contributed by atoms with Gasteiger partial charge in [-0.25, -0.2) is 4.79 Å². The molecule has 0 heterocycles. The van der Waals surface area contributed by atoms with E-state index >= 15 is 0 Å². The van der Waals surface area contributed by atoms with Gasteiger partial charge in [0.2, 0.25) is 0 Å². The number of hydrogen-bond donors (Lipinski definition) is 1. The minimum absolute atomic E-state index is 0.293. The van der Waals surface area contributed by atoms with E-state index in [1.54, 1.807) is 6.08 Å². The smallest absolute Gasteiger partial charge is 0.335 e. The summed E-state index contributed by atoms with van der Waals surface area (Å²) < 4.78 is 0. The summed E-state index contributed by atoms with van der Waals surface area (Å²) in [4.78, 5) is 10.3. The first-order chi connectivity index (χ1) is 4.72. The number of aliphatic carboxylic acids is 1.